The molecule has 1 heterocycles. The van der Waals surface area contributed by atoms with Gasteiger partial charge in [0.25, 0.3) is 5.56 Å². The summed E-state index contributed by atoms with van der Waals surface area (Å²) in [6.07, 6.45) is -3.86. The summed E-state index contributed by atoms with van der Waals surface area (Å²) in [5, 5.41) is 12.3. The number of pyridine rings is 1. The molecule has 0 aliphatic rings. The van der Waals surface area contributed by atoms with Crippen LogP contribution in [-0.4, -0.2) is 21.6 Å². The van der Waals surface area contributed by atoms with Gasteiger partial charge in [0.05, 0.1) is 18.0 Å². The van der Waals surface area contributed by atoms with Crippen LogP contribution in [0.1, 0.15) is 85.5 Å². The molecule has 0 fully saturated rings. The van der Waals surface area contributed by atoms with Gasteiger partial charge in [-0.05, 0) is 85.0 Å². The van der Waals surface area contributed by atoms with Gasteiger partial charge >= 0.3 is 12.1 Å². The molecule has 3 aromatic rings. The lowest BCUT2D eigenvalue weighted by Crippen LogP contribution is -2.40. The molecule has 2 aromatic carbocycles. The second-order valence-electron chi connectivity index (χ2n) is 11.5. The Hall–Kier alpha value is -3.95. The normalized spacial score (nSPS) is 13.2. The Morgan fingerprint density at radius 1 is 1.02 bits per heavy atom. The number of hydrogen-bond acceptors (Lipinski definition) is 3. The quantitative estimate of drug-likeness (QED) is 0.223. The smallest absolute Gasteiger partial charge is 0.416 e. The summed E-state index contributed by atoms with van der Waals surface area (Å²) in [7, 11) is 0. The van der Waals surface area contributed by atoms with E-state index in [4.69, 9.17) is 0 Å². The van der Waals surface area contributed by atoms with Gasteiger partial charge in [0.15, 0.2) is 0 Å². The van der Waals surface area contributed by atoms with Gasteiger partial charge in [-0.3, -0.25) is 14.4 Å². The number of carbonyl (C=O) groups excluding carboxylic acids is 1. The summed E-state index contributed by atoms with van der Waals surface area (Å²) < 4.78 is 57.7. The fraction of sp³-hybridized carbons (Fsp3) is 0.424. The molecular formula is C33H38F4N2O4. The molecule has 6 nitrogen and oxygen atoms in total. The van der Waals surface area contributed by atoms with Crippen molar-refractivity contribution in [3.8, 4) is 11.1 Å². The molecule has 43 heavy (non-hydrogen) atoms. The molecule has 0 bridgehead atoms. The molecule has 0 saturated heterocycles. The lowest BCUT2D eigenvalue weighted by molar-refractivity contribution is -0.139. The van der Waals surface area contributed by atoms with Crippen LogP contribution in [0, 0.1) is 32.5 Å². The Morgan fingerprint density at radius 2 is 1.65 bits per heavy atom. The Bertz CT molecular complexity index is 1540. The molecule has 1 amide bonds. The summed E-state index contributed by atoms with van der Waals surface area (Å²) in [5.41, 5.74) is 1.38. The predicted molar refractivity (Wildman–Crippen MR) is 157 cm³/mol. The van der Waals surface area contributed by atoms with Crippen molar-refractivity contribution >= 4 is 11.9 Å². The maximum absolute atomic E-state index is 15.6. The van der Waals surface area contributed by atoms with E-state index in [1.165, 1.54) is 6.07 Å². The number of carbonyl (C=O) groups is 2. The van der Waals surface area contributed by atoms with E-state index in [1.807, 2.05) is 32.0 Å². The van der Waals surface area contributed by atoms with Crippen molar-refractivity contribution in [3.05, 3.63) is 92.1 Å². The van der Waals surface area contributed by atoms with Crippen molar-refractivity contribution in [1.29, 1.82) is 0 Å². The second kappa shape index (κ2) is 13.6. The third-order valence-electron chi connectivity index (χ3n) is 7.44. The first kappa shape index (κ1) is 33.6. The number of aromatic nitrogens is 1. The number of rotatable bonds is 11. The van der Waals surface area contributed by atoms with Crippen molar-refractivity contribution in [1.82, 2.24) is 9.88 Å². The molecule has 3 rings (SSSR count). The summed E-state index contributed by atoms with van der Waals surface area (Å²) in [5.74, 6) is -2.93. The number of halogens is 4. The van der Waals surface area contributed by atoms with E-state index in [2.05, 4.69) is 5.32 Å². The lowest BCUT2D eigenvalue weighted by atomic mass is 9.90. The van der Waals surface area contributed by atoms with Crippen LogP contribution in [0.15, 0.2) is 47.4 Å². The van der Waals surface area contributed by atoms with E-state index in [0.717, 1.165) is 27.5 Å². The Balaban J connectivity index is 2.14. The number of amides is 1. The van der Waals surface area contributed by atoms with Gasteiger partial charge in [0, 0.05) is 17.8 Å². The fourth-order valence-corrected chi connectivity index (χ4v) is 5.51. The van der Waals surface area contributed by atoms with Crippen LogP contribution < -0.4 is 10.9 Å². The number of aliphatic carboxylic acids is 1. The molecular weight excluding hydrogens is 564 g/mol. The van der Waals surface area contributed by atoms with Crippen molar-refractivity contribution in [2.24, 2.45) is 5.92 Å². The first-order valence-corrected chi connectivity index (χ1v) is 14.3. The third-order valence-corrected chi connectivity index (χ3v) is 7.44. The van der Waals surface area contributed by atoms with E-state index in [0.29, 0.717) is 18.1 Å². The summed E-state index contributed by atoms with van der Waals surface area (Å²) in [6.45, 7) is 10.6. The van der Waals surface area contributed by atoms with E-state index >= 15 is 4.39 Å². The molecule has 0 radical (unpaired) electrons. The van der Waals surface area contributed by atoms with E-state index in [1.54, 1.807) is 33.8 Å². The van der Waals surface area contributed by atoms with Gasteiger partial charge in [-0.25, -0.2) is 4.39 Å². The number of benzene rings is 2. The molecule has 0 aliphatic heterocycles. The first-order valence-electron chi connectivity index (χ1n) is 14.3. The molecule has 0 spiro atoms. The number of nitrogens with one attached hydrogen (secondary N) is 1. The van der Waals surface area contributed by atoms with E-state index in [9.17, 15) is 32.7 Å². The van der Waals surface area contributed by atoms with Crippen molar-refractivity contribution < 1.29 is 32.3 Å². The molecule has 1 aromatic heterocycles. The summed E-state index contributed by atoms with van der Waals surface area (Å²) in [4.78, 5) is 38.7. The van der Waals surface area contributed by atoms with Gasteiger partial charge in [-0.15, -0.1) is 0 Å². The van der Waals surface area contributed by atoms with Crippen LogP contribution in [0.4, 0.5) is 17.6 Å². The van der Waals surface area contributed by atoms with Crippen LogP contribution >= 0.6 is 0 Å². The highest BCUT2D eigenvalue weighted by molar-refractivity contribution is 5.82. The van der Waals surface area contributed by atoms with Gasteiger partial charge in [0.1, 0.15) is 11.9 Å². The van der Waals surface area contributed by atoms with Crippen LogP contribution in [0.25, 0.3) is 11.1 Å². The Morgan fingerprint density at radius 3 is 2.19 bits per heavy atom. The SMILES string of the molecule is CCCc1cn(C(CC(C)C)C(=O)N[C@@H](CC(=O)O)c2cc(-c3c(C)cccc3C)cc(C)c2F)c(=O)cc1C(F)(F)F. The number of hydrogen-bond donors (Lipinski definition) is 2. The van der Waals surface area contributed by atoms with Crippen LogP contribution in [0.5, 0.6) is 0 Å². The highest BCUT2D eigenvalue weighted by Crippen LogP contribution is 2.35. The highest BCUT2D eigenvalue weighted by atomic mass is 19.4. The molecule has 0 saturated carbocycles. The number of alkyl halides is 3. The largest absolute Gasteiger partial charge is 0.481 e. The fourth-order valence-electron chi connectivity index (χ4n) is 5.51. The zero-order valence-corrected chi connectivity index (χ0v) is 25.2. The molecule has 232 valence electrons. The molecule has 2 N–H and O–H groups in total. The first-order chi connectivity index (χ1) is 20.0. The van der Waals surface area contributed by atoms with Crippen LogP contribution in [-0.2, 0) is 22.2 Å². The number of carboxylic acids is 1. The minimum Gasteiger partial charge on any atom is -0.481 e. The van der Waals surface area contributed by atoms with E-state index < -0.39 is 53.5 Å². The standard InChI is InChI=1S/C33H38F4N2O4/c1-7-9-22-17-39(28(40)15-25(22)33(35,36)37)27(12-18(2)3)32(43)38-26(16-29(41)42)24-14-23(13-21(6)31(24)34)30-19(4)10-8-11-20(30)5/h8,10-11,13-15,17-18,26-27H,7,9,12,16H2,1-6H3,(H,38,43)(H,41,42)/t26-,27?/m0/s1. The van der Waals surface area contributed by atoms with Crippen LogP contribution in [0.2, 0.25) is 0 Å². The van der Waals surface area contributed by atoms with Gasteiger partial charge in [0.2, 0.25) is 5.91 Å². The predicted octanol–water partition coefficient (Wildman–Crippen LogP) is 7.47. The highest BCUT2D eigenvalue weighted by Gasteiger charge is 2.36. The minimum atomic E-state index is -4.75. The van der Waals surface area contributed by atoms with Crippen molar-refractivity contribution in [2.45, 2.75) is 85.5 Å². The minimum absolute atomic E-state index is 0.0301. The Kier molecular flexibility index (Phi) is 10.6. The van der Waals surface area contributed by atoms with Gasteiger partial charge in [-0.1, -0.05) is 45.4 Å². The van der Waals surface area contributed by atoms with Crippen LogP contribution in [0.3, 0.4) is 0 Å². The third kappa shape index (κ3) is 7.91. The average molecular weight is 603 g/mol. The van der Waals surface area contributed by atoms with E-state index in [-0.39, 0.29) is 35.4 Å². The Labute approximate surface area is 248 Å². The zero-order chi connectivity index (χ0) is 32.2. The number of carboxylic acid groups (broad SMARTS) is 1. The molecule has 0 aliphatic carbocycles. The topological polar surface area (TPSA) is 88.4 Å². The maximum atomic E-state index is 15.6. The zero-order valence-electron chi connectivity index (χ0n) is 25.2. The second-order valence-corrected chi connectivity index (χ2v) is 11.5. The molecule has 2 atom stereocenters. The summed E-state index contributed by atoms with van der Waals surface area (Å²) >= 11 is 0. The average Bonchev–Trinajstić information content (AvgIpc) is 2.88. The molecule has 10 heteroatoms. The maximum Gasteiger partial charge on any atom is 0.416 e. The van der Waals surface area contributed by atoms with Gasteiger partial charge in [-0.2, -0.15) is 13.2 Å². The number of nitrogens with zero attached hydrogens (tertiary/aromatic N) is 1. The van der Waals surface area contributed by atoms with Crippen molar-refractivity contribution in [3.63, 3.8) is 0 Å². The van der Waals surface area contributed by atoms with Crippen molar-refractivity contribution in [2.75, 3.05) is 0 Å². The molecule has 1 unspecified atom stereocenters. The van der Waals surface area contributed by atoms with Gasteiger partial charge < -0.3 is 15.0 Å². The number of aryl methyl sites for hydroxylation is 4. The lowest BCUT2D eigenvalue weighted by Gasteiger charge is -2.27. The summed E-state index contributed by atoms with van der Waals surface area (Å²) in [6, 6.07) is 6.81. The monoisotopic (exact) mass is 602 g/mol.